The van der Waals surface area contributed by atoms with Crippen LogP contribution in [0.4, 0.5) is 11.8 Å². The lowest BCUT2D eigenvalue weighted by atomic mass is 10.3. The molecule has 7 nitrogen and oxygen atoms in total. The Balaban J connectivity index is 1.82. The Kier molecular flexibility index (Phi) is 2.34. The van der Waals surface area contributed by atoms with E-state index in [4.69, 9.17) is 10.2 Å². The van der Waals surface area contributed by atoms with Gasteiger partial charge in [0.1, 0.15) is 0 Å². The Bertz CT molecular complexity index is 614. The standard InChI is InChI=1S/C12H16N6O/c13-12-16-9(18-5-3-14-4-6-18)8-11(17-12)19-10(15-8)7-1-2-7/h7,14H,1-6H2,(H2,13,16,17). The van der Waals surface area contributed by atoms with Gasteiger partial charge in [-0.3, -0.25) is 0 Å². The van der Waals surface area contributed by atoms with Crippen LogP contribution in [0.2, 0.25) is 0 Å². The largest absolute Gasteiger partial charge is 0.422 e. The first-order valence-electron chi connectivity index (χ1n) is 6.71. The molecule has 0 bridgehead atoms. The quantitative estimate of drug-likeness (QED) is 0.811. The van der Waals surface area contributed by atoms with Crippen molar-refractivity contribution >= 4 is 23.0 Å². The van der Waals surface area contributed by atoms with Gasteiger partial charge in [-0.2, -0.15) is 9.97 Å². The molecule has 4 rings (SSSR count). The highest BCUT2D eigenvalue weighted by atomic mass is 16.4. The van der Waals surface area contributed by atoms with Crippen molar-refractivity contribution in [2.45, 2.75) is 18.8 Å². The van der Waals surface area contributed by atoms with Gasteiger partial charge in [0.2, 0.25) is 11.8 Å². The van der Waals surface area contributed by atoms with Gasteiger partial charge >= 0.3 is 0 Å². The third-order valence-electron chi connectivity index (χ3n) is 3.62. The first kappa shape index (κ1) is 11.0. The third-order valence-corrected chi connectivity index (χ3v) is 3.62. The van der Waals surface area contributed by atoms with Crippen LogP contribution in [-0.2, 0) is 0 Å². The molecule has 0 amide bonds. The average Bonchev–Trinajstić information content (AvgIpc) is 3.19. The maximum atomic E-state index is 5.78. The molecule has 2 fully saturated rings. The minimum absolute atomic E-state index is 0.250. The fraction of sp³-hybridized carbons (Fsp3) is 0.583. The lowest BCUT2D eigenvalue weighted by Crippen LogP contribution is -2.44. The van der Waals surface area contributed by atoms with Gasteiger partial charge in [0.15, 0.2) is 11.3 Å². The number of anilines is 2. The summed E-state index contributed by atoms with van der Waals surface area (Å²) < 4.78 is 5.72. The lowest BCUT2D eigenvalue weighted by molar-refractivity contribution is 0.525. The summed E-state index contributed by atoms with van der Waals surface area (Å²) in [6.45, 7) is 3.69. The highest BCUT2D eigenvalue weighted by Gasteiger charge is 2.30. The Hall–Kier alpha value is -1.89. The molecule has 0 spiro atoms. The zero-order chi connectivity index (χ0) is 12.8. The molecule has 3 heterocycles. The fourth-order valence-electron chi connectivity index (χ4n) is 2.44. The molecule has 0 unspecified atom stereocenters. The summed E-state index contributed by atoms with van der Waals surface area (Å²) in [7, 11) is 0. The van der Waals surface area contributed by atoms with Crippen LogP contribution in [0.5, 0.6) is 0 Å². The number of hydrogen-bond acceptors (Lipinski definition) is 7. The van der Waals surface area contributed by atoms with Gasteiger partial charge in [0.25, 0.3) is 5.71 Å². The van der Waals surface area contributed by atoms with Gasteiger partial charge < -0.3 is 20.4 Å². The van der Waals surface area contributed by atoms with E-state index >= 15 is 0 Å². The molecular weight excluding hydrogens is 244 g/mol. The van der Waals surface area contributed by atoms with Crippen LogP contribution in [0.3, 0.4) is 0 Å². The van der Waals surface area contributed by atoms with Crippen molar-refractivity contribution in [2.75, 3.05) is 36.8 Å². The molecule has 7 heteroatoms. The third kappa shape index (κ3) is 1.90. The minimum atomic E-state index is 0.250. The van der Waals surface area contributed by atoms with E-state index in [0.29, 0.717) is 11.6 Å². The first-order valence-corrected chi connectivity index (χ1v) is 6.71. The second kappa shape index (κ2) is 4.06. The van der Waals surface area contributed by atoms with Crippen LogP contribution in [0.15, 0.2) is 4.42 Å². The SMILES string of the molecule is Nc1nc(N2CCNCC2)c2nc(C3CC3)oc2n1. The highest BCUT2D eigenvalue weighted by Crippen LogP contribution is 2.41. The predicted molar refractivity (Wildman–Crippen MR) is 71.1 cm³/mol. The number of nitrogens with one attached hydrogen (secondary N) is 1. The van der Waals surface area contributed by atoms with E-state index in [1.807, 2.05) is 0 Å². The number of oxazole rings is 1. The van der Waals surface area contributed by atoms with Crippen molar-refractivity contribution in [3.63, 3.8) is 0 Å². The van der Waals surface area contributed by atoms with Crippen molar-refractivity contribution in [3.05, 3.63) is 5.89 Å². The number of piperazine rings is 1. The molecule has 2 aliphatic rings. The number of fused-ring (bicyclic) bond motifs is 1. The second-order valence-corrected chi connectivity index (χ2v) is 5.12. The van der Waals surface area contributed by atoms with E-state index in [-0.39, 0.29) is 5.95 Å². The normalized spacial score (nSPS) is 20.1. The fourth-order valence-corrected chi connectivity index (χ4v) is 2.44. The van der Waals surface area contributed by atoms with Gasteiger partial charge in [0.05, 0.1) is 0 Å². The predicted octanol–water partition coefficient (Wildman–Crippen LogP) is 0.487. The molecule has 0 atom stereocenters. The van der Waals surface area contributed by atoms with Crippen LogP contribution in [-0.4, -0.2) is 41.1 Å². The smallest absolute Gasteiger partial charge is 0.254 e. The molecule has 0 aromatic carbocycles. The summed E-state index contributed by atoms with van der Waals surface area (Å²) in [6.07, 6.45) is 2.30. The van der Waals surface area contributed by atoms with Crippen molar-refractivity contribution in [1.29, 1.82) is 0 Å². The van der Waals surface area contributed by atoms with Gasteiger partial charge in [-0.1, -0.05) is 0 Å². The number of aromatic nitrogens is 3. The molecule has 0 radical (unpaired) electrons. The van der Waals surface area contributed by atoms with Gasteiger partial charge in [-0.05, 0) is 12.8 Å². The summed E-state index contributed by atoms with van der Waals surface area (Å²) >= 11 is 0. The molecule has 1 saturated carbocycles. The number of nitrogens with zero attached hydrogens (tertiary/aromatic N) is 4. The minimum Gasteiger partial charge on any atom is -0.422 e. The summed E-state index contributed by atoms with van der Waals surface area (Å²) in [5.41, 5.74) is 7.04. The van der Waals surface area contributed by atoms with Gasteiger partial charge in [-0.15, -0.1) is 0 Å². The topological polar surface area (TPSA) is 93.1 Å². The maximum absolute atomic E-state index is 5.78. The molecule has 1 aliphatic heterocycles. The maximum Gasteiger partial charge on any atom is 0.254 e. The van der Waals surface area contributed by atoms with E-state index in [0.717, 1.165) is 56.2 Å². The van der Waals surface area contributed by atoms with Crippen LogP contribution >= 0.6 is 0 Å². The number of rotatable bonds is 2. The summed E-state index contributed by atoms with van der Waals surface area (Å²) in [5.74, 6) is 2.30. The number of nitrogens with two attached hydrogens (primary N) is 1. The van der Waals surface area contributed by atoms with Crippen molar-refractivity contribution < 1.29 is 4.42 Å². The van der Waals surface area contributed by atoms with E-state index in [1.54, 1.807) is 0 Å². The Morgan fingerprint density at radius 2 is 1.95 bits per heavy atom. The van der Waals surface area contributed by atoms with Crippen LogP contribution in [0, 0.1) is 0 Å². The van der Waals surface area contributed by atoms with E-state index in [2.05, 4.69) is 25.2 Å². The monoisotopic (exact) mass is 260 g/mol. The zero-order valence-electron chi connectivity index (χ0n) is 10.6. The Morgan fingerprint density at radius 3 is 2.68 bits per heavy atom. The van der Waals surface area contributed by atoms with Gasteiger partial charge in [-0.25, -0.2) is 4.98 Å². The number of hydrogen-bond donors (Lipinski definition) is 2. The van der Waals surface area contributed by atoms with E-state index in [1.165, 1.54) is 0 Å². The summed E-state index contributed by atoms with van der Waals surface area (Å²) in [5, 5.41) is 3.32. The van der Waals surface area contributed by atoms with E-state index < -0.39 is 0 Å². The molecular formula is C12H16N6O. The average molecular weight is 260 g/mol. The second-order valence-electron chi connectivity index (χ2n) is 5.12. The van der Waals surface area contributed by atoms with Crippen LogP contribution in [0.1, 0.15) is 24.7 Å². The molecule has 19 heavy (non-hydrogen) atoms. The van der Waals surface area contributed by atoms with Gasteiger partial charge in [0, 0.05) is 32.1 Å². The molecule has 1 saturated heterocycles. The highest BCUT2D eigenvalue weighted by molar-refractivity contribution is 5.83. The zero-order valence-corrected chi connectivity index (χ0v) is 10.6. The molecule has 100 valence electrons. The van der Waals surface area contributed by atoms with Crippen molar-refractivity contribution in [1.82, 2.24) is 20.3 Å². The Labute approximate surface area is 110 Å². The molecule has 3 N–H and O–H groups in total. The first-order chi connectivity index (χ1) is 9.31. The van der Waals surface area contributed by atoms with Crippen molar-refractivity contribution in [2.24, 2.45) is 0 Å². The molecule has 2 aromatic rings. The molecule has 2 aromatic heterocycles. The lowest BCUT2D eigenvalue weighted by Gasteiger charge is -2.28. The molecule has 1 aliphatic carbocycles. The van der Waals surface area contributed by atoms with Crippen LogP contribution in [0.25, 0.3) is 11.2 Å². The van der Waals surface area contributed by atoms with E-state index in [9.17, 15) is 0 Å². The number of nitrogen functional groups attached to an aromatic ring is 1. The van der Waals surface area contributed by atoms with Crippen molar-refractivity contribution in [3.8, 4) is 0 Å². The Morgan fingerprint density at radius 1 is 1.16 bits per heavy atom. The van der Waals surface area contributed by atoms with Crippen LogP contribution < -0.4 is 16.0 Å². The summed E-state index contributed by atoms with van der Waals surface area (Å²) in [6, 6.07) is 0. The summed E-state index contributed by atoms with van der Waals surface area (Å²) in [4.78, 5) is 15.3.